The molecule has 0 saturated carbocycles. The van der Waals surface area contributed by atoms with Crippen LogP contribution in [0.2, 0.25) is 0 Å². The van der Waals surface area contributed by atoms with E-state index in [1.165, 1.54) is 0 Å². The van der Waals surface area contributed by atoms with Crippen LogP contribution in [-0.4, -0.2) is 26.4 Å². The summed E-state index contributed by atoms with van der Waals surface area (Å²) in [5.74, 6) is 1.39. The summed E-state index contributed by atoms with van der Waals surface area (Å²) in [7, 11) is 1.60. The van der Waals surface area contributed by atoms with Crippen molar-refractivity contribution in [1.82, 2.24) is 5.32 Å². The molecule has 19 heavy (non-hydrogen) atoms. The topological polar surface area (TPSA) is 56.8 Å². The molecule has 6 heteroatoms. The molecular weight excluding hydrogens is 270 g/mol. The van der Waals surface area contributed by atoms with Gasteiger partial charge < -0.3 is 19.5 Å². The summed E-state index contributed by atoms with van der Waals surface area (Å²) >= 11 is 0. The second kappa shape index (κ2) is 7.09. The van der Waals surface area contributed by atoms with Crippen molar-refractivity contribution in [1.29, 1.82) is 0 Å². The number of carbonyl (C=O) groups excluding carboxylic acids is 1. The molecule has 0 aliphatic carbocycles. The van der Waals surface area contributed by atoms with Gasteiger partial charge in [-0.1, -0.05) is 6.07 Å². The number of halogens is 1. The molecular formula is C13H18ClNO4. The van der Waals surface area contributed by atoms with Gasteiger partial charge in [0.1, 0.15) is 0 Å². The number of ether oxygens (including phenoxy) is 3. The van der Waals surface area contributed by atoms with Crippen LogP contribution in [-0.2, 0) is 4.74 Å². The maximum Gasteiger partial charge on any atom is 0.407 e. The van der Waals surface area contributed by atoms with Crippen LogP contribution in [0.25, 0.3) is 0 Å². The molecule has 5 nitrogen and oxygen atoms in total. The summed E-state index contributed by atoms with van der Waals surface area (Å²) in [6, 6.07) is 5.65. The Morgan fingerprint density at radius 2 is 2.21 bits per heavy atom. The molecule has 0 aromatic heterocycles. The van der Waals surface area contributed by atoms with Crippen LogP contribution in [0.15, 0.2) is 18.2 Å². The number of benzene rings is 1. The highest BCUT2D eigenvalue weighted by atomic mass is 35.5. The number of methoxy groups -OCH3 is 1. The highest BCUT2D eigenvalue weighted by Crippen LogP contribution is 2.31. The van der Waals surface area contributed by atoms with Gasteiger partial charge in [0.15, 0.2) is 11.5 Å². The van der Waals surface area contributed by atoms with Gasteiger partial charge in [-0.25, -0.2) is 4.79 Å². The lowest BCUT2D eigenvalue weighted by atomic mass is 10.0. The van der Waals surface area contributed by atoms with Gasteiger partial charge in [0.2, 0.25) is 0 Å². The molecule has 1 aliphatic rings. The third kappa shape index (κ3) is 3.67. The van der Waals surface area contributed by atoms with Crippen molar-refractivity contribution in [2.45, 2.75) is 19.4 Å². The Morgan fingerprint density at radius 1 is 1.42 bits per heavy atom. The number of amides is 1. The van der Waals surface area contributed by atoms with E-state index in [1.807, 2.05) is 25.1 Å². The maximum atomic E-state index is 11.2. The minimum absolute atomic E-state index is 0. The number of hydrogen-bond donors (Lipinski definition) is 1. The van der Waals surface area contributed by atoms with Crippen LogP contribution in [0.4, 0.5) is 4.79 Å². The van der Waals surface area contributed by atoms with E-state index in [4.69, 9.17) is 14.2 Å². The monoisotopic (exact) mass is 287 g/mol. The van der Waals surface area contributed by atoms with E-state index in [-0.39, 0.29) is 24.5 Å². The van der Waals surface area contributed by atoms with Crippen molar-refractivity contribution in [3.05, 3.63) is 23.8 Å². The lowest BCUT2D eigenvalue weighted by Gasteiger charge is -2.24. The van der Waals surface area contributed by atoms with Crippen molar-refractivity contribution in [3.63, 3.8) is 0 Å². The summed E-state index contributed by atoms with van der Waals surface area (Å²) in [4.78, 5) is 11.2. The van der Waals surface area contributed by atoms with Crippen LogP contribution in [0.5, 0.6) is 11.5 Å². The third-order valence-corrected chi connectivity index (χ3v) is 2.82. The molecule has 1 fully saturated rings. The molecule has 1 amide bonds. The summed E-state index contributed by atoms with van der Waals surface area (Å²) in [6.07, 6.45) is 0.377. The van der Waals surface area contributed by atoms with E-state index >= 15 is 0 Å². The fourth-order valence-corrected chi connectivity index (χ4v) is 1.95. The molecule has 1 aromatic carbocycles. The average Bonchev–Trinajstić information content (AvgIpc) is 2.39. The maximum absolute atomic E-state index is 11.2. The Hall–Kier alpha value is -1.62. The van der Waals surface area contributed by atoms with Crippen molar-refractivity contribution >= 4 is 18.5 Å². The molecule has 2 rings (SSSR count). The minimum Gasteiger partial charge on any atom is -0.493 e. The zero-order valence-corrected chi connectivity index (χ0v) is 11.8. The Balaban J connectivity index is 0.00000180. The first kappa shape index (κ1) is 15.4. The highest BCUT2D eigenvalue weighted by molar-refractivity contribution is 5.85. The summed E-state index contributed by atoms with van der Waals surface area (Å²) in [5, 5.41) is 2.78. The molecule has 1 aliphatic heterocycles. The molecule has 1 atom stereocenters. The first-order valence-electron chi connectivity index (χ1n) is 5.98. The highest BCUT2D eigenvalue weighted by Gasteiger charge is 2.21. The van der Waals surface area contributed by atoms with Crippen molar-refractivity contribution < 1.29 is 19.0 Å². The third-order valence-electron chi connectivity index (χ3n) is 2.82. The lowest BCUT2D eigenvalue weighted by molar-refractivity contribution is 0.115. The quantitative estimate of drug-likeness (QED) is 0.925. The minimum atomic E-state index is -0.376. The van der Waals surface area contributed by atoms with Gasteiger partial charge >= 0.3 is 6.09 Å². The predicted octanol–water partition coefficient (Wildman–Crippen LogP) is 2.69. The number of rotatable bonds is 4. The van der Waals surface area contributed by atoms with E-state index < -0.39 is 0 Å². The van der Waals surface area contributed by atoms with Crippen LogP contribution in [0, 0.1) is 0 Å². The van der Waals surface area contributed by atoms with Gasteiger partial charge in [-0.3, -0.25) is 0 Å². The number of alkyl carbamates (subject to hydrolysis) is 1. The van der Waals surface area contributed by atoms with Crippen molar-refractivity contribution in [2.75, 3.05) is 20.3 Å². The molecule has 0 bridgehead atoms. The van der Waals surface area contributed by atoms with E-state index in [2.05, 4.69) is 5.32 Å². The Kier molecular flexibility index (Phi) is 5.76. The normalized spacial score (nSPS) is 17.8. The SMILES string of the molecule is CCOc1ccc([C@H]2CCOC(=O)N2)cc1OC.Cl. The van der Waals surface area contributed by atoms with Gasteiger partial charge in [0, 0.05) is 6.42 Å². The molecule has 1 N–H and O–H groups in total. The number of hydrogen-bond acceptors (Lipinski definition) is 4. The Morgan fingerprint density at radius 3 is 2.84 bits per heavy atom. The molecule has 0 unspecified atom stereocenters. The Labute approximate surface area is 118 Å². The molecule has 0 radical (unpaired) electrons. The zero-order valence-electron chi connectivity index (χ0n) is 11.0. The smallest absolute Gasteiger partial charge is 0.407 e. The average molecular weight is 288 g/mol. The second-order valence-corrected chi connectivity index (χ2v) is 3.96. The van der Waals surface area contributed by atoms with Gasteiger partial charge in [-0.15, -0.1) is 12.4 Å². The van der Waals surface area contributed by atoms with Gasteiger partial charge in [-0.2, -0.15) is 0 Å². The van der Waals surface area contributed by atoms with Crippen molar-refractivity contribution in [3.8, 4) is 11.5 Å². The number of cyclic esters (lactones) is 1. The fourth-order valence-electron chi connectivity index (χ4n) is 1.95. The van der Waals surface area contributed by atoms with Gasteiger partial charge in [-0.05, 0) is 24.6 Å². The van der Waals surface area contributed by atoms with E-state index in [0.29, 0.717) is 24.7 Å². The largest absolute Gasteiger partial charge is 0.493 e. The first-order valence-corrected chi connectivity index (χ1v) is 5.98. The molecule has 1 heterocycles. The fraction of sp³-hybridized carbons (Fsp3) is 0.462. The van der Waals surface area contributed by atoms with E-state index in [9.17, 15) is 4.79 Å². The van der Waals surface area contributed by atoms with Crippen LogP contribution < -0.4 is 14.8 Å². The number of nitrogens with one attached hydrogen (secondary N) is 1. The molecule has 106 valence electrons. The molecule has 0 spiro atoms. The molecule has 1 saturated heterocycles. The van der Waals surface area contributed by atoms with E-state index in [1.54, 1.807) is 7.11 Å². The van der Waals surface area contributed by atoms with E-state index in [0.717, 1.165) is 12.0 Å². The van der Waals surface area contributed by atoms with Crippen molar-refractivity contribution in [2.24, 2.45) is 0 Å². The zero-order chi connectivity index (χ0) is 13.0. The van der Waals surface area contributed by atoms with Crippen LogP contribution >= 0.6 is 12.4 Å². The molecule has 1 aromatic rings. The Bertz CT molecular complexity index is 439. The predicted molar refractivity (Wildman–Crippen MR) is 73.3 cm³/mol. The lowest BCUT2D eigenvalue weighted by Crippen LogP contribution is -2.35. The number of carbonyl (C=O) groups is 1. The standard InChI is InChI=1S/C13H17NO4.ClH/c1-3-17-11-5-4-9(8-12(11)16-2)10-6-7-18-13(15)14-10;/h4-5,8,10H,3,6-7H2,1-2H3,(H,14,15);1H/t10-;/m1./s1. The first-order chi connectivity index (χ1) is 8.74. The summed E-state index contributed by atoms with van der Waals surface area (Å²) in [5.41, 5.74) is 0.993. The van der Waals surface area contributed by atoms with Gasteiger partial charge in [0.05, 0.1) is 26.4 Å². The van der Waals surface area contributed by atoms with Crippen LogP contribution in [0.1, 0.15) is 24.9 Å². The van der Waals surface area contributed by atoms with Crippen LogP contribution in [0.3, 0.4) is 0 Å². The summed E-state index contributed by atoms with van der Waals surface area (Å²) in [6.45, 7) is 2.95. The van der Waals surface area contributed by atoms with Gasteiger partial charge in [0.25, 0.3) is 0 Å². The summed E-state index contributed by atoms with van der Waals surface area (Å²) < 4.78 is 15.6. The second-order valence-electron chi connectivity index (χ2n) is 3.96.